The molecule has 2 aromatic rings. The topological polar surface area (TPSA) is 101 Å². The van der Waals surface area contributed by atoms with Gasteiger partial charge in [-0.1, -0.05) is 36.4 Å². The van der Waals surface area contributed by atoms with Crippen molar-refractivity contribution in [3.05, 3.63) is 42.5 Å². The Labute approximate surface area is 121 Å². The van der Waals surface area contributed by atoms with E-state index in [0.717, 1.165) is 5.39 Å². The molecule has 1 atom stereocenters. The van der Waals surface area contributed by atoms with E-state index in [2.05, 4.69) is 4.72 Å². The summed E-state index contributed by atoms with van der Waals surface area (Å²) in [4.78, 5) is 21.4. The zero-order valence-corrected chi connectivity index (χ0v) is 11.7. The van der Waals surface area contributed by atoms with Crippen molar-refractivity contribution in [2.24, 2.45) is 0 Å². The highest BCUT2D eigenvalue weighted by atomic mass is 32.2. The van der Waals surface area contributed by atoms with Gasteiger partial charge in [-0.15, -0.1) is 0 Å². The van der Waals surface area contributed by atoms with E-state index in [1.165, 1.54) is 6.07 Å². The molecule has 0 bridgehead atoms. The number of aliphatic carboxylic acids is 1. The smallest absolute Gasteiger partial charge is 0.305 e. The normalized spacial score (nSPS) is 13.0. The fourth-order valence-corrected chi connectivity index (χ4v) is 3.40. The molecule has 0 spiro atoms. The lowest BCUT2D eigenvalue weighted by Crippen LogP contribution is -2.37. The van der Waals surface area contributed by atoms with Crippen LogP contribution in [0, 0.1) is 0 Å². The van der Waals surface area contributed by atoms with Crippen molar-refractivity contribution in [3.8, 4) is 0 Å². The van der Waals surface area contributed by atoms with E-state index in [4.69, 9.17) is 5.11 Å². The number of carboxylic acids is 1. The maximum atomic E-state index is 12.3. The van der Waals surface area contributed by atoms with Crippen LogP contribution >= 0.6 is 0 Å². The molecule has 0 saturated heterocycles. The number of rotatable bonds is 6. The summed E-state index contributed by atoms with van der Waals surface area (Å²) in [5.41, 5.74) is 0. The first-order valence-corrected chi connectivity index (χ1v) is 7.59. The Kier molecular flexibility index (Phi) is 4.35. The van der Waals surface area contributed by atoms with Gasteiger partial charge in [0, 0.05) is 5.39 Å². The van der Waals surface area contributed by atoms with Crippen LogP contribution in [0.1, 0.15) is 6.42 Å². The summed E-state index contributed by atoms with van der Waals surface area (Å²) in [6, 6.07) is 10.4. The maximum absolute atomic E-state index is 12.3. The van der Waals surface area contributed by atoms with Gasteiger partial charge in [-0.05, 0) is 11.5 Å². The summed E-state index contributed by atoms with van der Waals surface area (Å²) in [6.45, 7) is 0. The maximum Gasteiger partial charge on any atom is 0.305 e. The van der Waals surface area contributed by atoms with Gasteiger partial charge in [-0.3, -0.25) is 4.79 Å². The summed E-state index contributed by atoms with van der Waals surface area (Å²) in [5.74, 6) is -1.26. The van der Waals surface area contributed by atoms with Crippen LogP contribution in [0.15, 0.2) is 47.4 Å². The Morgan fingerprint density at radius 3 is 2.52 bits per heavy atom. The second-order valence-corrected chi connectivity index (χ2v) is 6.12. The van der Waals surface area contributed by atoms with Gasteiger partial charge in [0.15, 0.2) is 0 Å². The lowest BCUT2D eigenvalue weighted by molar-refractivity contribution is -0.138. The average Bonchev–Trinajstić information content (AvgIpc) is 2.45. The Balaban J connectivity index is 2.42. The van der Waals surface area contributed by atoms with Crippen molar-refractivity contribution in [2.45, 2.75) is 17.4 Å². The lowest BCUT2D eigenvalue weighted by atomic mass is 10.1. The molecule has 0 unspecified atom stereocenters. The van der Waals surface area contributed by atoms with E-state index in [0.29, 0.717) is 5.39 Å². The largest absolute Gasteiger partial charge is 0.481 e. The number of carboxylic acid groups (broad SMARTS) is 1. The Hall–Kier alpha value is -2.25. The quantitative estimate of drug-likeness (QED) is 0.780. The molecule has 0 saturated carbocycles. The number of benzene rings is 2. The Bertz CT molecular complexity index is 780. The SMILES string of the molecule is O=C[C@H](CC(=O)O)NS(=O)(=O)c1cccc2ccccc12. The van der Waals surface area contributed by atoms with Crippen molar-refractivity contribution >= 4 is 33.1 Å². The van der Waals surface area contributed by atoms with Crippen molar-refractivity contribution in [3.63, 3.8) is 0 Å². The van der Waals surface area contributed by atoms with Crippen molar-refractivity contribution in [1.29, 1.82) is 0 Å². The van der Waals surface area contributed by atoms with Crippen LogP contribution in [-0.2, 0) is 19.6 Å². The number of fused-ring (bicyclic) bond motifs is 1. The minimum Gasteiger partial charge on any atom is -0.481 e. The number of carbonyl (C=O) groups is 2. The van der Waals surface area contributed by atoms with Crippen molar-refractivity contribution < 1.29 is 23.1 Å². The molecule has 0 amide bonds. The zero-order valence-electron chi connectivity index (χ0n) is 10.9. The van der Waals surface area contributed by atoms with Crippen molar-refractivity contribution in [2.75, 3.05) is 0 Å². The standard InChI is InChI=1S/C14H13NO5S/c16-9-11(8-14(17)18)15-21(19,20)13-7-3-5-10-4-1-2-6-12(10)13/h1-7,9,11,15H,8H2,(H,17,18)/t11-/m0/s1. The summed E-state index contributed by atoms with van der Waals surface area (Å²) in [7, 11) is -3.99. The highest BCUT2D eigenvalue weighted by molar-refractivity contribution is 7.89. The molecule has 0 radical (unpaired) electrons. The van der Waals surface area contributed by atoms with Gasteiger partial charge >= 0.3 is 5.97 Å². The molecule has 0 aliphatic heterocycles. The average molecular weight is 307 g/mol. The molecule has 7 heteroatoms. The van der Waals surface area contributed by atoms with E-state index >= 15 is 0 Å². The van der Waals surface area contributed by atoms with Gasteiger partial charge in [-0.25, -0.2) is 13.1 Å². The monoisotopic (exact) mass is 307 g/mol. The molecular weight excluding hydrogens is 294 g/mol. The van der Waals surface area contributed by atoms with Gasteiger partial charge in [0.1, 0.15) is 6.29 Å². The minimum absolute atomic E-state index is 0.0119. The van der Waals surface area contributed by atoms with Crippen LogP contribution in [0.5, 0.6) is 0 Å². The summed E-state index contributed by atoms with van der Waals surface area (Å²) in [5, 5.41) is 9.90. The molecule has 0 heterocycles. The number of hydrogen-bond acceptors (Lipinski definition) is 4. The molecule has 6 nitrogen and oxygen atoms in total. The van der Waals surface area contributed by atoms with Crippen molar-refractivity contribution in [1.82, 2.24) is 4.72 Å². The van der Waals surface area contributed by atoms with Gasteiger partial charge in [0.25, 0.3) is 0 Å². The summed E-state index contributed by atoms with van der Waals surface area (Å²) >= 11 is 0. The van der Waals surface area contributed by atoms with E-state index in [1.54, 1.807) is 36.4 Å². The summed E-state index contributed by atoms with van der Waals surface area (Å²) < 4.78 is 26.8. The molecule has 2 N–H and O–H groups in total. The van der Waals surface area contributed by atoms with E-state index in [1.807, 2.05) is 0 Å². The van der Waals surface area contributed by atoms with E-state index < -0.39 is 28.5 Å². The Morgan fingerprint density at radius 1 is 1.19 bits per heavy atom. The van der Waals surface area contributed by atoms with Gasteiger partial charge < -0.3 is 9.90 Å². The molecule has 110 valence electrons. The minimum atomic E-state index is -3.99. The van der Waals surface area contributed by atoms with Gasteiger partial charge in [-0.2, -0.15) is 0 Å². The molecule has 0 aliphatic rings. The fraction of sp³-hybridized carbons (Fsp3) is 0.143. The zero-order chi connectivity index (χ0) is 15.5. The molecule has 0 aliphatic carbocycles. The Morgan fingerprint density at radius 2 is 1.86 bits per heavy atom. The third kappa shape index (κ3) is 3.45. The second-order valence-electron chi connectivity index (χ2n) is 4.44. The van der Waals surface area contributed by atoms with Crippen LogP contribution in [-0.4, -0.2) is 31.8 Å². The molecule has 2 aromatic carbocycles. The first kappa shape index (κ1) is 15.1. The molecular formula is C14H13NO5S. The van der Waals surface area contributed by atoms with Crippen LogP contribution in [0.2, 0.25) is 0 Å². The number of carbonyl (C=O) groups excluding carboxylic acids is 1. The first-order chi connectivity index (χ1) is 9.94. The molecule has 0 aromatic heterocycles. The predicted octanol–water partition coefficient (Wildman–Crippen LogP) is 1.16. The van der Waals surface area contributed by atoms with Crippen LogP contribution in [0.3, 0.4) is 0 Å². The van der Waals surface area contributed by atoms with Crippen LogP contribution < -0.4 is 4.72 Å². The highest BCUT2D eigenvalue weighted by Gasteiger charge is 2.23. The molecule has 21 heavy (non-hydrogen) atoms. The highest BCUT2D eigenvalue weighted by Crippen LogP contribution is 2.22. The van der Waals surface area contributed by atoms with Gasteiger partial charge in [0.2, 0.25) is 10.0 Å². The van der Waals surface area contributed by atoms with Crippen LogP contribution in [0.4, 0.5) is 0 Å². The molecule has 0 fully saturated rings. The third-order valence-electron chi connectivity index (χ3n) is 2.90. The van der Waals surface area contributed by atoms with Gasteiger partial charge in [0.05, 0.1) is 17.4 Å². The number of hydrogen-bond donors (Lipinski definition) is 2. The number of aldehydes is 1. The lowest BCUT2D eigenvalue weighted by Gasteiger charge is -2.13. The molecule has 2 rings (SSSR count). The fourth-order valence-electron chi connectivity index (χ4n) is 2.00. The number of nitrogens with one attached hydrogen (secondary N) is 1. The van der Waals surface area contributed by atoms with E-state index in [-0.39, 0.29) is 11.2 Å². The summed E-state index contributed by atoms with van der Waals surface area (Å²) in [6.07, 6.45) is -0.329. The van der Waals surface area contributed by atoms with Crippen LogP contribution in [0.25, 0.3) is 10.8 Å². The first-order valence-electron chi connectivity index (χ1n) is 6.11. The van der Waals surface area contributed by atoms with E-state index in [9.17, 15) is 18.0 Å². The third-order valence-corrected chi connectivity index (χ3v) is 4.45. The second kappa shape index (κ2) is 6.02. The number of sulfonamides is 1. The predicted molar refractivity (Wildman–Crippen MR) is 76.4 cm³/mol.